The second-order valence-corrected chi connectivity index (χ2v) is 6.35. The van der Waals surface area contributed by atoms with Gasteiger partial charge in [-0.3, -0.25) is 9.69 Å². The first-order chi connectivity index (χ1) is 11.6. The zero-order chi connectivity index (χ0) is 17.0. The second-order valence-electron chi connectivity index (χ2n) is 6.35. The van der Waals surface area contributed by atoms with Crippen LogP contribution < -0.4 is 20.9 Å². The molecule has 25 heavy (non-hydrogen) atoms. The summed E-state index contributed by atoms with van der Waals surface area (Å²) < 4.78 is 5.30. The highest BCUT2D eigenvalue weighted by Gasteiger charge is 2.39. The van der Waals surface area contributed by atoms with E-state index >= 15 is 0 Å². The van der Waals surface area contributed by atoms with Crippen molar-refractivity contribution in [3.63, 3.8) is 0 Å². The van der Waals surface area contributed by atoms with Gasteiger partial charge in [0.1, 0.15) is 0 Å². The molecule has 1 aromatic rings. The predicted molar refractivity (Wildman–Crippen MR) is 99.5 cm³/mol. The molecule has 3 amide bonds. The van der Waals surface area contributed by atoms with Gasteiger partial charge < -0.3 is 20.7 Å². The molecule has 2 fully saturated rings. The SMILES string of the molecule is COCC1(C(=O)Nc2ccc(N3CCNC3=O)cc2)CCNCC1.Cl. The molecular weight excluding hydrogens is 344 g/mol. The largest absolute Gasteiger partial charge is 0.384 e. The molecule has 2 aliphatic rings. The van der Waals surface area contributed by atoms with Gasteiger partial charge in [0.25, 0.3) is 0 Å². The van der Waals surface area contributed by atoms with Crippen molar-refractivity contribution in [1.29, 1.82) is 0 Å². The van der Waals surface area contributed by atoms with Crippen LogP contribution in [0.3, 0.4) is 0 Å². The quantitative estimate of drug-likeness (QED) is 0.737. The molecule has 7 nitrogen and oxygen atoms in total. The van der Waals surface area contributed by atoms with Crippen LogP contribution in [0, 0.1) is 5.41 Å². The second kappa shape index (κ2) is 8.51. The Labute approximate surface area is 153 Å². The minimum atomic E-state index is -0.479. The van der Waals surface area contributed by atoms with Gasteiger partial charge in [0.2, 0.25) is 5.91 Å². The zero-order valence-corrected chi connectivity index (χ0v) is 15.2. The molecule has 2 aliphatic heterocycles. The molecular formula is C17H25ClN4O3. The number of piperidine rings is 1. The summed E-state index contributed by atoms with van der Waals surface area (Å²) in [6, 6.07) is 7.29. The van der Waals surface area contributed by atoms with E-state index < -0.39 is 5.41 Å². The first kappa shape index (κ1) is 19.5. The van der Waals surface area contributed by atoms with E-state index in [9.17, 15) is 9.59 Å². The van der Waals surface area contributed by atoms with E-state index in [1.165, 1.54) is 0 Å². The molecule has 0 atom stereocenters. The van der Waals surface area contributed by atoms with Crippen LogP contribution in [0.2, 0.25) is 0 Å². The van der Waals surface area contributed by atoms with Crippen LogP contribution in [0.5, 0.6) is 0 Å². The van der Waals surface area contributed by atoms with E-state index in [2.05, 4.69) is 16.0 Å². The van der Waals surface area contributed by atoms with Crippen molar-refractivity contribution in [3.05, 3.63) is 24.3 Å². The molecule has 0 spiro atoms. The lowest BCUT2D eigenvalue weighted by Gasteiger charge is -2.35. The minimum absolute atomic E-state index is 0. The highest BCUT2D eigenvalue weighted by molar-refractivity contribution is 5.97. The third kappa shape index (κ3) is 4.23. The Kier molecular flexibility index (Phi) is 6.64. The van der Waals surface area contributed by atoms with E-state index in [1.54, 1.807) is 12.0 Å². The molecule has 0 saturated carbocycles. The Balaban J connectivity index is 0.00000225. The monoisotopic (exact) mass is 368 g/mol. The number of carbonyl (C=O) groups excluding carboxylic acids is 2. The molecule has 2 heterocycles. The van der Waals surface area contributed by atoms with Crippen LogP contribution in [0.1, 0.15) is 12.8 Å². The lowest BCUT2D eigenvalue weighted by atomic mass is 9.78. The Morgan fingerprint density at radius 1 is 1.24 bits per heavy atom. The van der Waals surface area contributed by atoms with Gasteiger partial charge in [-0.1, -0.05) is 0 Å². The molecule has 0 bridgehead atoms. The van der Waals surface area contributed by atoms with E-state index in [-0.39, 0.29) is 24.3 Å². The molecule has 8 heteroatoms. The molecule has 0 radical (unpaired) electrons. The molecule has 0 aromatic heterocycles. The summed E-state index contributed by atoms with van der Waals surface area (Å²) in [6.07, 6.45) is 1.53. The van der Waals surface area contributed by atoms with Gasteiger partial charge in [0.05, 0.1) is 12.0 Å². The number of hydrogen-bond donors (Lipinski definition) is 3. The van der Waals surface area contributed by atoms with Crippen molar-refractivity contribution >= 4 is 35.7 Å². The molecule has 1 aromatic carbocycles. The molecule has 3 N–H and O–H groups in total. The number of anilines is 2. The average molecular weight is 369 g/mol. The first-order valence-corrected chi connectivity index (χ1v) is 8.31. The fraction of sp³-hybridized carbons (Fsp3) is 0.529. The highest BCUT2D eigenvalue weighted by atomic mass is 35.5. The number of benzene rings is 1. The molecule has 3 rings (SSSR count). The molecule has 2 saturated heterocycles. The Morgan fingerprint density at radius 3 is 2.48 bits per heavy atom. The number of ether oxygens (including phenoxy) is 1. The van der Waals surface area contributed by atoms with Crippen LogP contribution in [-0.2, 0) is 9.53 Å². The van der Waals surface area contributed by atoms with Crippen LogP contribution in [0.25, 0.3) is 0 Å². The highest BCUT2D eigenvalue weighted by Crippen LogP contribution is 2.31. The smallest absolute Gasteiger partial charge is 0.321 e. The summed E-state index contributed by atoms with van der Waals surface area (Å²) in [7, 11) is 1.63. The maximum absolute atomic E-state index is 12.8. The van der Waals surface area contributed by atoms with Gasteiger partial charge >= 0.3 is 6.03 Å². The fourth-order valence-corrected chi connectivity index (χ4v) is 3.32. The van der Waals surface area contributed by atoms with Crippen LogP contribution >= 0.6 is 12.4 Å². The minimum Gasteiger partial charge on any atom is -0.384 e. The maximum atomic E-state index is 12.8. The van der Waals surface area contributed by atoms with Crippen molar-refractivity contribution in [2.24, 2.45) is 5.41 Å². The number of halogens is 1. The Bertz CT molecular complexity index is 597. The lowest BCUT2D eigenvalue weighted by molar-refractivity contribution is -0.130. The number of nitrogens with zero attached hydrogens (tertiary/aromatic N) is 1. The molecule has 138 valence electrons. The third-order valence-electron chi connectivity index (χ3n) is 4.76. The van der Waals surface area contributed by atoms with Gasteiger partial charge in [-0.25, -0.2) is 4.79 Å². The van der Waals surface area contributed by atoms with Crippen molar-refractivity contribution in [1.82, 2.24) is 10.6 Å². The van der Waals surface area contributed by atoms with Crippen LogP contribution in [0.4, 0.5) is 16.2 Å². The number of hydrogen-bond acceptors (Lipinski definition) is 4. The van der Waals surface area contributed by atoms with Gasteiger partial charge in [0.15, 0.2) is 0 Å². The standard InChI is InChI=1S/C17H24N4O3.ClH/c1-24-12-17(6-8-18-9-7-17)15(22)20-13-2-4-14(5-3-13)21-11-10-19-16(21)23;/h2-5,18H,6-12H2,1H3,(H,19,23)(H,20,22);1H. The van der Waals surface area contributed by atoms with E-state index in [4.69, 9.17) is 4.74 Å². The van der Waals surface area contributed by atoms with Crippen molar-refractivity contribution in [2.75, 3.05) is 50.1 Å². The van der Waals surface area contributed by atoms with E-state index in [1.807, 2.05) is 24.3 Å². The van der Waals surface area contributed by atoms with Crippen molar-refractivity contribution < 1.29 is 14.3 Å². The topological polar surface area (TPSA) is 82.7 Å². The van der Waals surface area contributed by atoms with Gasteiger partial charge in [-0.2, -0.15) is 0 Å². The van der Waals surface area contributed by atoms with Crippen LogP contribution in [0.15, 0.2) is 24.3 Å². The summed E-state index contributed by atoms with van der Waals surface area (Å²) >= 11 is 0. The summed E-state index contributed by atoms with van der Waals surface area (Å²) in [5.41, 5.74) is 1.09. The summed E-state index contributed by atoms with van der Waals surface area (Å²) in [5, 5.41) is 9.06. The zero-order valence-electron chi connectivity index (χ0n) is 14.3. The number of rotatable bonds is 5. The van der Waals surface area contributed by atoms with Crippen LogP contribution in [-0.4, -0.2) is 51.8 Å². The third-order valence-corrected chi connectivity index (χ3v) is 4.76. The number of methoxy groups -OCH3 is 1. The summed E-state index contributed by atoms with van der Waals surface area (Å²) in [5.74, 6) is -0.00230. The first-order valence-electron chi connectivity index (χ1n) is 8.31. The summed E-state index contributed by atoms with van der Waals surface area (Å²) in [4.78, 5) is 26.1. The average Bonchev–Trinajstić information content (AvgIpc) is 3.03. The van der Waals surface area contributed by atoms with Gasteiger partial charge in [-0.05, 0) is 50.2 Å². The number of nitrogens with one attached hydrogen (secondary N) is 3. The Morgan fingerprint density at radius 2 is 1.92 bits per heavy atom. The molecule has 0 aliphatic carbocycles. The van der Waals surface area contributed by atoms with Gasteiger partial charge in [0, 0.05) is 31.6 Å². The fourth-order valence-electron chi connectivity index (χ4n) is 3.32. The lowest BCUT2D eigenvalue weighted by Crippen LogP contribution is -2.47. The van der Waals surface area contributed by atoms with Gasteiger partial charge in [-0.15, -0.1) is 12.4 Å². The Hall–Kier alpha value is -1.83. The number of urea groups is 1. The number of amides is 3. The molecule has 0 unspecified atom stereocenters. The predicted octanol–water partition coefficient (Wildman–Crippen LogP) is 1.59. The number of carbonyl (C=O) groups is 2. The maximum Gasteiger partial charge on any atom is 0.321 e. The van der Waals surface area contributed by atoms with E-state index in [0.29, 0.717) is 19.7 Å². The van der Waals surface area contributed by atoms with Crippen molar-refractivity contribution in [3.8, 4) is 0 Å². The normalized spacial score (nSPS) is 19.1. The van der Waals surface area contributed by atoms with E-state index in [0.717, 1.165) is 37.3 Å². The van der Waals surface area contributed by atoms with Crippen molar-refractivity contribution in [2.45, 2.75) is 12.8 Å². The summed E-state index contributed by atoms with van der Waals surface area (Å²) in [6.45, 7) is 3.38.